The highest BCUT2D eigenvalue weighted by atomic mass is 35.5. The fourth-order valence-corrected chi connectivity index (χ4v) is 4.86. The highest BCUT2D eigenvalue weighted by Crippen LogP contribution is 2.34. The first kappa shape index (κ1) is 23.8. The molecule has 0 aliphatic rings. The lowest BCUT2D eigenvalue weighted by molar-refractivity contribution is -0.113. The van der Waals surface area contributed by atoms with Gasteiger partial charge in [0.2, 0.25) is 11.1 Å². The zero-order valence-corrected chi connectivity index (χ0v) is 19.9. The molecule has 2 aromatic heterocycles. The standard InChI is InChI=1S/C20H20ClN5O4S2/c1-4-30-19(29)15-10(2)16(11(3)27)32-18(15)23-14(28)9-31-20-25-24-17(26(20)22)12-7-5-6-8-13(12)21/h5-8H,4,9,22H2,1-3H3,(H,23,28). The third-order valence-corrected chi connectivity index (χ3v) is 6.89. The SMILES string of the molecule is CCOC(=O)c1c(NC(=O)CSc2nnc(-c3ccccc3Cl)n2N)sc(C(C)=O)c1C. The molecule has 3 rings (SSSR count). The number of nitrogens with two attached hydrogens (primary N) is 1. The Bertz CT molecular complexity index is 1190. The minimum atomic E-state index is -0.595. The monoisotopic (exact) mass is 493 g/mol. The van der Waals surface area contributed by atoms with Crippen LogP contribution < -0.4 is 11.2 Å². The molecule has 1 amide bonds. The van der Waals surface area contributed by atoms with Gasteiger partial charge in [-0.05, 0) is 38.5 Å². The zero-order chi connectivity index (χ0) is 23.4. The summed E-state index contributed by atoms with van der Waals surface area (Å²) in [6, 6.07) is 7.07. The van der Waals surface area contributed by atoms with E-state index >= 15 is 0 Å². The van der Waals surface area contributed by atoms with Crippen molar-refractivity contribution in [2.75, 3.05) is 23.5 Å². The number of rotatable bonds is 8. The molecule has 2 heterocycles. The van der Waals surface area contributed by atoms with Crippen LogP contribution in [-0.2, 0) is 9.53 Å². The molecule has 3 N–H and O–H groups in total. The summed E-state index contributed by atoms with van der Waals surface area (Å²) in [4.78, 5) is 37.2. The molecular formula is C20H20ClN5O4S2. The zero-order valence-electron chi connectivity index (χ0n) is 17.5. The number of aromatic nitrogens is 3. The number of Topliss-reactive ketones (excluding diaryl/α,β-unsaturated/α-hetero) is 1. The van der Waals surface area contributed by atoms with Crippen molar-refractivity contribution in [3.05, 3.63) is 45.3 Å². The van der Waals surface area contributed by atoms with Crippen LogP contribution in [0.3, 0.4) is 0 Å². The average molecular weight is 494 g/mol. The topological polar surface area (TPSA) is 129 Å². The van der Waals surface area contributed by atoms with Gasteiger partial charge in [-0.3, -0.25) is 9.59 Å². The molecule has 0 saturated heterocycles. The van der Waals surface area contributed by atoms with Crippen LogP contribution in [0.4, 0.5) is 5.00 Å². The molecule has 0 aliphatic heterocycles. The van der Waals surface area contributed by atoms with Crippen LogP contribution >= 0.6 is 34.7 Å². The Hall–Kier alpha value is -2.89. The van der Waals surface area contributed by atoms with Crippen molar-refractivity contribution in [3.63, 3.8) is 0 Å². The Balaban J connectivity index is 1.75. The summed E-state index contributed by atoms with van der Waals surface area (Å²) in [5, 5.41) is 11.8. The minimum Gasteiger partial charge on any atom is -0.462 e. The molecule has 3 aromatic rings. The number of ketones is 1. The van der Waals surface area contributed by atoms with Crippen molar-refractivity contribution in [1.82, 2.24) is 14.9 Å². The Labute approximate surface area is 197 Å². The second kappa shape index (κ2) is 10.2. The number of benzene rings is 1. The Morgan fingerprint density at radius 1 is 1.28 bits per heavy atom. The molecule has 0 radical (unpaired) electrons. The van der Waals surface area contributed by atoms with Crippen LogP contribution in [0.2, 0.25) is 5.02 Å². The summed E-state index contributed by atoms with van der Waals surface area (Å²) in [5.41, 5.74) is 1.28. The van der Waals surface area contributed by atoms with Crippen LogP contribution in [0.25, 0.3) is 11.4 Å². The molecule has 0 unspecified atom stereocenters. The number of thiophene rings is 1. The van der Waals surface area contributed by atoms with E-state index in [1.165, 1.54) is 11.6 Å². The number of carbonyl (C=O) groups excluding carboxylic acids is 3. The molecule has 1 aromatic carbocycles. The minimum absolute atomic E-state index is 0.0491. The van der Waals surface area contributed by atoms with E-state index in [9.17, 15) is 14.4 Å². The van der Waals surface area contributed by atoms with E-state index in [-0.39, 0.29) is 28.7 Å². The van der Waals surface area contributed by atoms with E-state index in [1.54, 1.807) is 38.1 Å². The summed E-state index contributed by atoms with van der Waals surface area (Å²) in [6.45, 7) is 4.91. The lowest BCUT2D eigenvalue weighted by Gasteiger charge is -2.07. The summed E-state index contributed by atoms with van der Waals surface area (Å²) >= 11 is 8.30. The van der Waals surface area contributed by atoms with Gasteiger partial charge in [-0.1, -0.05) is 35.5 Å². The van der Waals surface area contributed by atoms with Gasteiger partial charge < -0.3 is 15.9 Å². The van der Waals surface area contributed by atoms with Crippen LogP contribution in [0.5, 0.6) is 0 Å². The number of nitrogens with zero attached hydrogens (tertiary/aromatic N) is 3. The molecule has 0 atom stereocenters. The molecule has 12 heteroatoms. The lowest BCUT2D eigenvalue weighted by Crippen LogP contribution is -2.18. The van der Waals surface area contributed by atoms with Crippen LogP contribution in [-0.4, -0.2) is 44.9 Å². The first-order valence-electron chi connectivity index (χ1n) is 9.44. The highest BCUT2D eigenvalue weighted by molar-refractivity contribution is 7.99. The van der Waals surface area contributed by atoms with Gasteiger partial charge in [-0.25, -0.2) is 9.47 Å². The molecular weight excluding hydrogens is 474 g/mol. The molecule has 32 heavy (non-hydrogen) atoms. The number of ether oxygens (including phenoxy) is 1. The first-order chi connectivity index (χ1) is 15.2. The molecule has 9 nitrogen and oxygen atoms in total. The molecule has 0 aliphatic carbocycles. The Morgan fingerprint density at radius 3 is 2.66 bits per heavy atom. The molecule has 168 valence electrons. The summed E-state index contributed by atoms with van der Waals surface area (Å²) in [6.07, 6.45) is 0. The number of hydrogen-bond acceptors (Lipinski definition) is 9. The molecule has 0 spiro atoms. The number of nitrogens with one attached hydrogen (secondary N) is 1. The van der Waals surface area contributed by atoms with Crippen LogP contribution in [0.1, 0.15) is 39.4 Å². The maximum absolute atomic E-state index is 12.6. The van der Waals surface area contributed by atoms with E-state index in [2.05, 4.69) is 15.5 Å². The Morgan fingerprint density at radius 2 is 2.00 bits per heavy atom. The summed E-state index contributed by atoms with van der Waals surface area (Å²) in [7, 11) is 0. The summed E-state index contributed by atoms with van der Waals surface area (Å²) in [5.74, 6) is 5.20. The number of carbonyl (C=O) groups is 3. The van der Waals surface area contributed by atoms with Gasteiger partial charge in [0, 0.05) is 5.56 Å². The number of hydrogen-bond donors (Lipinski definition) is 2. The van der Waals surface area contributed by atoms with Gasteiger partial charge in [-0.2, -0.15) is 0 Å². The third kappa shape index (κ3) is 4.95. The third-order valence-electron chi connectivity index (χ3n) is 4.31. The first-order valence-corrected chi connectivity index (χ1v) is 11.6. The molecule has 0 fully saturated rings. The predicted molar refractivity (Wildman–Crippen MR) is 125 cm³/mol. The van der Waals surface area contributed by atoms with Crippen LogP contribution in [0, 0.1) is 6.92 Å². The van der Waals surface area contributed by atoms with E-state index in [1.807, 2.05) is 0 Å². The number of nitrogen functional groups attached to an aromatic ring is 1. The van der Waals surface area contributed by atoms with E-state index in [0.29, 0.717) is 32.0 Å². The lowest BCUT2D eigenvalue weighted by atomic mass is 10.1. The van der Waals surface area contributed by atoms with Crippen molar-refractivity contribution in [3.8, 4) is 11.4 Å². The second-order valence-corrected chi connectivity index (χ2v) is 8.90. The Kier molecular flexibility index (Phi) is 7.54. The normalized spacial score (nSPS) is 10.8. The maximum atomic E-state index is 12.6. The van der Waals surface area contributed by atoms with E-state index in [4.69, 9.17) is 22.2 Å². The van der Waals surface area contributed by atoms with Crippen molar-refractivity contribution in [2.24, 2.45) is 0 Å². The van der Waals surface area contributed by atoms with Gasteiger partial charge in [0.1, 0.15) is 5.00 Å². The van der Waals surface area contributed by atoms with Gasteiger partial charge in [0.15, 0.2) is 11.6 Å². The average Bonchev–Trinajstić information content (AvgIpc) is 3.26. The van der Waals surface area contributed by atoms with Crippen molar-refractivity contribution in [1.29, 1.82) is 0 Å². The predicted octanol–water partition coefficient (Wildman–Crippen LogP) is 3.79. The number of halogens is 1. The van der Waals surface area contributed by atoms with E-state index < -0.39 is 11.9 Å². The quantitative estimate of drug-likeness (QED) is 0.210. The number of anilines is 1. The highest BCUT2D eigenvalue weighted by Gasteiger charge is 2.25. The fraction of sp³-hybridized carbons (Fsp3) is 0.250. The van der Waals surface area contributed by atoms with Gasteiger partial charge >= 0.3 is 5.97 Å². The fourth-order valence-electron chi connectivity index (χ4n) is 2.88. The smallest absolute Gasteiger partial charge is 0.341 e. The van der Waals surface area contributed by atoms with Crippen molar-refractivity contribution >= 4 is 57.4 Å². The summed E-state index contributed by atoms with van der Waals surface area (Å²) < 4.78 is 6.33. The largest absolute Gasteiger partial charge is 0.462 e. The maximum Gasteiger partial charge on any atom is 0.341 e. The van der Waals surface area contributed by atoms with E-state index in [0.717, 1.165) is 23.1 Å². The van der Waals surface area contributed by atoms with Gasteiger partial charge in [-0.15, -0.1) is 21.5 Å². The number of thioether (sulfide) groups is 1. The van der Waals surface area contributed by atoms with Crippen molar-refractivity contribution < 1.29 is 19.1 Å². The van der Waals surface area contributed by atoms with Gasteiger partial charge in [0.05, 0.1) is 27.8 Å². The number of amides is 1. The van der Waals surface area contributed by atoms with Crippen molar-refractivity contribution in [2.45, 2.75) is 25.9 Å². The van der Waals surface area contributed by atoms with Crippen LogP contribution in [0.15, 0.2) is 29.4 Å². The molecule has 0 saturated carbocycles. The second-order valence-electron chi connectivity index (χ2n) is 6.53. The van der Waals surface area contributed by atoms with Gasteiger partial charge in [0.25, 0.3) is 0 Å². The number of esters is 1. The molecule has 0 bridgehead atoms.